The molecule has 0 spiro atoms. The number of fused-ring (bicyclic) bond motifs is 4. The molecule has 24 aliphatic rings. The molecule has 0 aromatic carbocycles. The van der Waals surface area contributed by atoms with E-state index in [9.17, 15) is 65.4 Å². The zero-order valence-corrected chi connectivity index (χ0v) is 61.4. The molecule has 24 atom stereocenters. The Bertz CT molecular complexity index is 3260. The van der Waals surface area contributed by atoms with Gasteiger partial charge in [0, 0.05) is 30.0 Å². The first-order chi connectivity index (χ1) is 46.8. The van der Waals surface area contributed by atoms with Crippen molar-refractivity contribution in [3.8, 4) is 24.3 Å². The lowest BCUT2D eigenvalue weighted by molar-refractivity contribution is -0.180. The fourth-order valence-corrected chi connectivity index (χ4v) is 28.2. The maximum absolute atomic E-state index is 13.9. The third-order valence-electron chi connectivity index (χ3n) is 30.4. The summed E-state index contributed by atoms with van der Waals surface area (Å²) >= 11 is 0. The Hall–Kier alpha value is -4.76. The van der Waals surface area contributed by atoms with Crippen LogP contribution in [0.2, 0.25) is 0 Å². The average molecular weight is 1450 g/mol. The summed E-state index contributed by atoms with van der Waals surface area (Å²) in [6, 6.07) is 6.17. The Kier molecular flexibility index (Phi) is 18.3. The molecule has 20 aliphatic carbocycles. The summed E-state index contributed by atoms with van der Waals surface area (Å²) in [6.07, 6.45) is 29.5. The highest BCUT2D eigenvalue weighted by molar-refractivity contribution is 5.89. The van der Waals surface area contributed by atoms with E-state index in [1.54, 1.807) is 40.4 Å². The second-order valence-corrected chi connectivity index (χ2v) is 39.2. The molecule has 4 heterocycles. The largest absolute Gasteiger partial charge is 0.444 e. The summed E-state index contributed by atoms with van der Waals surface area (Å²) in [5.41, 5.74) is 15.2. The van der Waals surface area contributed by atoms with Crippen LogP contribution >= 0.6 is 24.8 Å². The first-order valence-corrected chi connectivity index (χ1v) is 38.7. The van der Waals surface area contributed by atoms with Gasteiger partial charge in [0.1, 0.15) is 48.2 Å². The van der Waals surface area contributed by atoms with Gasteiger partial charge in [-0.15, -0.1) is 24.8 Å². The normalized spacial score (nSPS) is 49.3. The number of aliphatic hydroxyl groups is 4. The Morgan fingerprint density at radius 3 is 1.02 bits per heavy atom. The molecule has 25 heteroatoms. The van der Waals surface area contributed by atoms with Gasteiger partial charge in [-0.05, 0) is 295 Å². The van der Waals surface area contributed by atoms with Crippen molar-refractivity contribution in [1.82, 2.24) is 24.9 Å². The molecular formula is C77H111Cl2N12O11+. The molecule has 0 aromatic rings. The molecule has 102 heavy (non-hydrogen) atoms. The second-order valence-electron chi connectivity index (χ2n) is 39.2. The molecule has 13 N–H and O–H groups in total. The summed E-state index contributed by atoms with van der Waals surface area (Å²) in [4.78, 5) is 73.2. The van der Waals surface area contributed by atoms with E-state index in [4.69, 9.17) is 21.9 Å². The quantitative estimate of drug-likeness (QED) is 0.122. The van der Waals surface area contributed by atoms with Gasteiger partial charge in [0.25, 0.3) is 6.04 Å². The lowest BCUT2D eigenvalue weighted by Gasteiger charge is -2.62. The summed E-state index contributed by atoms with van der Waals surface area (Å²) < 4.78 is 5.51. The molecule has 16 bridgehead atoms. The SMILES string of the molecule is CC(C)(C)OC(=O)N[C@H](C(=O)N1[C@H](C#N)C[C@@H]2C[C@@H]21)C12CC3CC(CC(O)(C3)C1)C2.Cl.Cl.N#C[C@@H]1C[C@@H]2C[C@@H]2N1C(=O)[C@@H](N)C12CC3CC(CC(O)(C3)C1)C2.N#C[C@@H]1C[C@@H]2C[C@@H]2N1C(=O)[C@@H](N)C12CC3CC(CC(O)(C3)C1)C2.N#C[C@@H]1[CH+][C@@H]2C[C@@H]2N1C(=O)[C@@H](N)C12CC3CC(CC(O)(C3)C1)C2.O. The van der Waals surface area contributed by atoms with Crippen LogP contribution in [0.15, 0.2) is 0 Å². The van der Waals surface area contributed by atoms with Crippen LogP contribution in [0.3, 0.4) is 0 Å². The van der Waals surface area contributed by atoms with E-state index in [0.717, 1.165) is 154 Å². The molecular weight excluding hydrogens is 1340 g/mol. The van der Waals surface area contributed by atoms with Gasteiger partial charge in [0.2, 0.25) is 23.6 Å². The van der Waals surface area contributed by atoms with Crippen molar-refractivity contribution in [2.24, 2.45) is 110 Å². The number of amides is 5. The number of hydrogen-bond acceptors (Lipinski definition) is 17. The highest BCUT2D eigenvalue weighted by Crippen LogP contribution is 2.68. The third kappa shape index (κ3) is 12.5. The number of nitrogens with two attached hydrogens (primary N) is 3. The number of likely N-dealkylation sites (tertiary alicyclic amines) is 4. The van der Waals surface area contributed by atoms with Crippen molar-refractivity contribution < 1.29 is 54.6 Å². The maximum atomic E-state index is 13.9. The molecule has 0 radical (unpaired) electrons. The lowest BCUT2D eigenvalue weighted by Crippen LogP contribution is -2.66. The van der Waals surface area contributed by atoms with E-state index in [1.165, 1.54) is 19.3 Å². The number of nitrogens with one attached hydrogen (secondary N) is 1. The number of carbonyl (C=O) groups is 5. The van der Waals surface area contributed by atoms with Crippen molar-refractivity contribution in [2.75, 3.05) is 0 Å². The van der Waals surface area contributed by atoms with Gasteiger partial charge in [0.15, 0.2) is 0 Å². The Labute approximate surface area is 612 Å². The molecule has 8 unspecified atom stereocenters. The minimum absolute atomic E-state index is 0. The monoisotopic (exact) mass is 1450 g/mol. The fraction of sp³-hybridized carbons (Fsp3) is 0.870. The van der Waals surface area contributed by atoms with Gasteiger partial charge >= 0.3 is 6.09 Å². The zero-order valence-electron chi connectivity index (χ0n) is 59.7. The number of rotatable bonds is 9. The molecule has 24 fully saturated rings. The zero-order chi connectivity index (χ0) is 69.4. The van der Waals surface area contributed by atoms with E-state index in [1.807, 2.05) is 6.42 Å². The van der Waals surface area contributed by atoms with Gasteiger partial charge in [-0.1, -0.05) is 0 Å². The maximum Gasteiger partial charge on any atom is 0.408 e. The first-order valence-electron chi connectivity index (χ1n) is 38.7. The van der Waals surface area contributed by atoms with Crippen molar-refractivity contribution >= 4 is 54.5 Å². The number of nitrogens with zero attached hydrogens (tertiary/aromatic N) is 8. The topological polar surface area (TPSA) is 405 Å². The number of hydrogen-bond donors (Lipinski definition) is 8. The Morgan fingerprint density at radius 2 is 0.725 bits per heavy atom. The van der Waals surface area contributed by atoms with Gasteiger partial charge in [0.05, 0.1) is 64.8 Å². The van der Waals surface area contributed by atoms with Crippen molar-refractivity contribution in [3.05, 3.63) is 6.42 Å². The molecule has 0 aromatic heterocycles. The van der Waals surface area contributed by atoms with Gasteiger partial charge < -0.3 is 67.9 Å². The number of halogens is 2. The van der Waals surface area contributed by atoms with Crippen LogP contribution in [-0.4, -0.2) is 176 Å². The third-order valence-corrected chi connectivity index (χ3v) is 30.4. The first kappa shape index (κ1) is 74.1. The van der Waals surface area contributed by atoms with E-state index in [2.05, 4.69) is 29.6 Å². The standard InChI is InChI=1S/C23H33N3O4.2C18H25N3O2.C18H24N3O2.2ClH.H2O/c1-21(2,3)30-20(28)25-18(19(27)26-16(11-24)5-15-6-17(15)26)22-7-13-4-14(8-22)10-23(29,9-13)12-22;3*19-8-13-2-12-3-14(12)21(13)16(22)15(20)17-4-10-1-11(5-17)7-18(23,6-10)9-17;;;/h13-18,29H,4-10,12H2,1-3H3,(H,25,28);2*10-15,23H,1-7,9,20H2;2,10-15,23H,1,3-7,9,20H2;2*1H;1H2/q;;;+1;;;/t13?,14?,15-,16+,17+,18-,22?,23?;3*10?,11?,12-,13+,14+,15-,17?,18?;;;/m1111.../s1. The second kappa shape index (κ2) is 25.2. The molecule has 5 amide bonds. The number of carbonyl (C=O) groups excluding carboxylic acids is 5. The average Bonchev–Trinajstić information content (AvgIpc) is 1.43. The Morgan fingerprint density at radius 1 is 0.431 bits per heavy atom. The number of nitriles is 4. The summed E-state index contributed by atoms with van der Waals surface area (Å²) in [6.45, 7) is 5.41. The smallest absolute Gasteiger partial charge is 0.408 e. The molecule has 4 aliphatic heterocycles. The van der Waals surface area contributed by atoms with Crippen molar-refractivity contribution in [1.29, 1.82) is 21.0 Å². The van der Waals surface area contributed by atoms with E-state index >= 15 is 0 Å². The number of alkyl carbamates (subject to hydrolysis) is 1. The van der Waals surface area contributed by atoms with E-state index in [-0.39, 0.29) is 106 Å². The van der Waals surface area contributed by atoms with Crippen LogP contribution in [0.4, 0.5) is 4.79 Å². The predicted molar refractivity (Wildman–Crippen MR) is 374 cm³/mol. The van der Waals surface area contributed by atoms with Gasteiger partial charge in [-0.2, -0.15) is 21.0 Å². The van der Waals surface area contributed by atoms with Crippen LogP contribution in [0.25, 0.3) is 0 Å². The molecule has 23 nitrogen and oxygen atoms in total. The lowest BCUT2D eigenvalue weighted by atomic mass is 9.46. The number of ether oxygens (including phenoxy) is 1. The molecule has 558 valence electrons. The van der Waals surface area contributed by atoms with Crippen LogP contribution in [0.5, 0.6) is 0 Å². The minimum atomic E-state index is -0.750. The highest BCUT2D eigenvalue weighted by atomic mass is 35.5. The Balaban J connectivity index is 0.000000115. The number of piperidine rings is 4. The summed E-state index contributed by atoms with van der Waals surface area (Å²) in [7, 11) is 0. The van der Waals surface area contributed by atoms with Gasteiger partial charge in [-0.3, -0.25) is 24.1 Å². The fourth-order valence-electron chi connectivity index (χ4n) is 28.2. The van der Waals surface area contributed by atoms with Crippen molar-refractivity contribution in [2.45, 2.75) is 320 Å². The predicted octanol–water partition coefficient (Wildman–Crippen LogP) is 6.03. The molecule has 20 saturated carbocycles. The van der Waals surface area contributed by atoms with E-state index in [0.29, 0.717) is 96.7 Å². The summed E-state index contributed by atoms with van der Waals surface area (Å²) in [5, 5.41) is 84.5. The minimum Gasteiger partial charge on any atom is -0.444 e. The van der Waals surface area contributed by atoms with E-state index < -0.39 is 75.8 Å². The molecule has 24 rings (SSSR count). The van der Waals surface area contributed by atoms with Crippen LogP contribution < -0.4 is 22.5 Å². The molecule has 4 saturated heterocycles. The van der Waals surface area contributed by atoms with Crippen LogP contribution in [0, 0.1) is 144 Å². The van der Waals surface area contributed by atoms with Crippen LogP contribution in [-0.2, 0) is 23.9 Å². The highest BCUT2D eigenvalue weighted by Gasteiger charge is 2.70. The van der Waals surface area contributed by atoms with Crippen LogP contribution in [0.1, 0.15) is 220 Å². The van der Waals surface area contributed by atoms with Crippen molar-refractivity contribution in [3.63, 3.8) is 0 Å². The van der Waals surface area contributed by atoms with Gasteiger partial charge in [-0.25, -0.2) is 4.79 Å². The summed E-state index contributed by atoms with van der Waals surface area (Å²) in [5.74, 6) is 5.56.